The Morgan fingerprint density at radius 1 is 0.557 bits per heavy atom. The maximum atomic E-state index is 14.3. The molecule has 0 saturated heterocycles. The van der Waals surface area contributed by atoms with Crippen molar-refractivity contribution in [2.45, 2.75) is 104 Å². The lowest BCUT2D eigenvalue weighted by Crippen LogP contribution is -2.46. The molecule has 470 valence electrons. The molecule has 0 saturated carbocycles. The van der Waals surface area contributed by atoms with E-state index in [2.05, 4.69) is 26.0 Å². The van der Waals surface area contributed by atoms with E-state index in [9.17, 15) is 45.5 Å². The lowest BCUT2D eigenvalue weighted by Gasteiger charge is -2.29. The Balaban J connectivity index is 0.000000220. The predicted octanol–water partition coefficient (Wildman–Crippen LogP) is 14.8. The van der Waals surface area contributed by atoms with Crippen LogP contribution in [-0.4, -0.2) is 105 Å². The molecule has 3 aliphatic rings. The van der Waals surface area contributed by atoms with Gasteiger partial charge in [-0.15, -0.1) is 0 Å². The van der Waals surface area contributed by atoms with Crippen LogP contribution in [-0.2, 0) is 23.9 Å². The van der Waals surface area contributed by atoms with Gasteiger partial charge in [-0.25, -0.2) is 31.1 Å². The molecule has 0 bridgehead atoms. The number of nitrogens with two attached hydrogens (primary N) is 1. The fourth-order valence-corrected chi connectivity index (χ4v) is 9.53. The van der Waals surface area contributed by atoms with E-state index in [1.54, 1.807) is 44.7 Å². The van der Waals surface area contributed by atoms with Crippen LogP contribution in [0, 0.1) is 34.9 Å². The van der Waals surface area contributed by atoms with Gasteiger partial charge in [-0.05, 0) is 157 Å². The van der Waals surface area contributed by atoms with E-state index in [1.807, 2.05) is 144 Å². The first-order valence-electron chi connectivity index (χ1n) is 28.5. The number of aliphatic carboxylic acids is 1. The van der Waals surface area contributed by atoms with Gasteiger partial charge in [0, 0.05) is 40.9 Å². The van der Waals surface area contributed by atoms with Gasteiger partial charge in [-0.2, -0.15) is 0 Å². The molecule has 0 aliphatic carbocycles. The maximum absolute atomic E-state index is 14.3. The number of amides is 2. The first-order chi connectivity index (χ1) is 41.3. The zero-order valence-corrected chi connectivity index (χ0v) is 52.8. The third-order valence-electron chi connectivity index (χ3n) is 12.8. The number of carbonyl (C=O) groups is 4. The van der Waals surface area contributed by atoms with E-state index in [4.69, 9.17) is 15.6 Å². The van der Waals surface area contributed by atoms with Crippen LogP contribution in [0.2, 0.25) is 0 Å². The van der Waals surface area contributed by atoms with Gasteiger partial charge in [0.25, 0.3) is 0 Å². The molecule has 2 amide bonds. The third kappa shape index (κ3) is 23.0. The molecule has 4 N–H and O–H groups in total. The highest BCUT2D eigenvalue weighted by Crippen LogP contribution is 2.39. The van der Waals surface area contributed by atoms with E-state index in [-0.39, 0.29) is 77.9 Å². The first kappa shape index (κ1) is 70.9. The Morgan fingerprint density at radius 2 is 0.909 bits per heavy atom. The minimum absolute atomic E-state index is 0. The van der Waals surface area contributed by atoms with E-state index < -0.39 is 58.6 Å². The zero-order valence-electron chi connectivity index (χ0n) is 51.2. The molecule has 0 spiro atoms. The molecule has 0 radical (unpaired) electrons. The Bertz CT molecular complexity index is 3400. The van der Waals surface area contributed by atoms with Crippen molar-refractivity contribution in [3.63, 3.8) is 0 Å². The zero-order chi connectivity index (χ0) is 65.1. The highest BCUT2D eigenvalue weighted by atomic mass is 79.9. The van der Waals surface area contributed by atoms with Gasteiger partial charge in [0.15, 0.2) is 0 Å². The summed E-state index contributed by atoms with van der Waals surface area (Å²) < 4.78 is 93.1. The van der Waals surface area contributed by atoms with Crippen molar-refractivity contribution in [1.82, 2.24) is 20.0 Å². The number of halogens is 7. The average Bonchev–Trinajstić information content (AvgIpc) is 3.96. The molecule has 3 heterocycles. The van der Waals surface area contributed by atoms with Gasteiger partial charge in [0.2, 0.25) is 5.91 Å². The summed E-state index contributed by atoms with van der Waals surface area (Å²) in [5.41, 5.74) is 9.61. The second kappa shape index (κ2) is 32.4. The van der Waals surface area contributed by atoms with Crippen molar-refractivity contribution in [3.05, 3.63) is 232 Å². The van der Waals surface area contributed by atoms with Crippen LogP contribution in [0.4, 0.5) is 31.1 Å². The smallest absolute Gasteiger partial charge is 0.411 e. The van der Waals surface area contributed by atoms with Crippen molar-refractivity contribution >= 4 is 56.6 Å². The van der Waals surface area contributed by atoms with Gasteiger partial charge in [0.05, 0.1) is 44.4 Å². The number of benzene rings is 6. The number of nitrogens with zero attached hydrogens (tertiary/aromatic N) is 3. The minimum Gasteiger partial charge on any atom is -0.480 e. The summed E-state index contributed by atoms with van der Waals surface area (Å²) in [5, 5.41) is 12.3. The number of hydrogen-bond donors (Lipinski definition) is 3. The normalized spacial score (nSPS) is 16.5. The fourth-order valence-electron chi connectivity index (χ4n) is 9.37. The van der Waals surface area contributed by atoms with E-state index in [1.165, 1.54) is 11.0 Å². The summed E-state index contributed by atoms with van der Waals surface area (Å²) in [4.78, 5) is 51.6. The van der Waals surface area contributed by atoms with Gasteiger partial charge < -0.3 is 25.6 Å². The summed E-state index contributed by atoms with van der Waals surface area (Å²) in [6, 6.07) is 37.8. The fraction of sp³-hybridized carbons (Fsp3) is 0.333. The summed E-state index contributed by atoms with van der Waals surface area (Å²) in [5.74, 6) is -4.27. The molecule has 19 heteroatoms. The van der Waals surface area contributed by atoms with Crippen molar-refractivity contribution in [2.75, 3.05) is 44.7 Å². The second-order valence-corrected chi connectivity index (χ2v) is 24.5. The van der Waals surface area contributed by atoms with Crippen LogP contribution in [0.5, 0.6) is 0 Å². The third-order valence-corrected chi connectivity index (χ3v) is 13.2. The minimum atomic E-state index is -0.958. The number of ether oxygens (including phenoxy) is 2. The number of rotatable bonds is 12. The average molecular weight is 1280 g/mol. The molecular weight excluding hydrogens is 1200 g/mol. The van der Waals surface area contributed by atoms with Gasteiger partial charge >= 0.3 is 18.0 Å². The summed E-state index contributed by atoms with van der Waals surface area (Å²) >= 11 is 2.94. The molecule has 0 fully saturated rings. The monoisotopic (exact) mass is 1280 g/mol. The number of nitrogens with one attached hydrogen (secondary N) is 1. The van der Waals surface area contributed by atoms with Crippen molar-refractivity contribution in [1.29, 1.82) is 0 Å². The molecule has 0 aromatic heterocycles. The Kier molecular flexibility index (Phi) is 26.1. The lowest BCUT2D eigenvalue weighted by atomic mass is 10.0. The van der Waals surface area contributed by atoms with Crippen molar-refractivity contribution < 1.29 is 60.1 Å². The number of hydrogen-bond acceptors (Lipinski definition) is 9. The van der Waals surface area contributed by atoms with Gasteiger partial charge in [0.1, 0.15) is 45.8 Å². The Morgan fingerprint density at radius 3 is 1.24 bits per heavy atom. The highest BCUT2D eigenvalue weighted by Gasteiger charge is 2.35. The summed E-state index contributed by atoms with van der Waals surface area (Å²) in [6.07, 6.45) is 5.01. The van der Waals surface area contributed by atoms with Crippen LogP contribution >= 0.6 is 15.9 Å². The van der Waals surface area contributed by atoms with Crippen LogP contribution in [0.3, 0.4) is 0 Å². The van der Waals surface area contributed by atoms with Gasteiger partial charge in [-0.1, -0.05) is 125 Å². The molecule has 3 atom stereocenters. The largest absolute Gasteiger partial charge is 0.480 e. The number of carbonyl (C=O) groups excluding carboxylic acids is 3. The number of esters is 1. The van der Waals surface area contributed by atoms with Crippen LogP contribution in [0.1, 0.15) is 121 Å². The standard InChI is InChI=1S/C22H24F2N2O.C21H21F2NO2.C18H15F2NO2.C4H7BrO2.C4H11N/c1-22(2,3)25-21(27)14-26-13-16(18-12-17(23)9-10-19(18)24)11-20(26)15-7-5-4-6-8-15;1-21(2,3)26-20(25)24-13-15(17-12-16(22)9-10-18(17)23)11-19(24)14-7-5-4-6-8-14;19-14-6-7-16(20)15(9-14)13-8-17(12-4-2-1-3-5-12)21(10-13)11-18(22)23;1-2-7-4(6)3-5;1-4(2,3)5/h4-12,20H,13-14H2,1-3H3,(H,25,27);4-12,19H,13H2,1-3H3;1-9,17H,10-11H2,(H,22,23);2-3H2,1H3;5H2,1-3H3/t20-;19-;17-;;/m000../s1. The van der Waals surface area contributed by atoms with E-state index in [0.29, 0.717) is 35.2 Å². The maximum Gasteiger partial charge on any atom is 0.411 e. The van der Waals surface area contributed by atoms with E-state index in [0.717, 1.165) is 65.2 Å². The summed E-state index contributed by atoms with van der Waals surface area (Å²) in [6.45, 7) is 20.1. The Labute approximate surface area is 520 Å². The Hall–Kier alpha value is -7.84. The molecule has 6 aromatic rings. The number of alkyl halides is 1. The van der Waals surface area contributed by atoms with Crippen molar-refractivity contribution in [2.24, 2.45) is 5.73 Å². The van der Waals surface area contributed by atoms with Crippen LogP contribution in [0.15, 0.2) is 164 Å². The SMILES string of the molecule is CC(C)(C)N.CC(C)(C)NC(=O)CN1CC(c2cc(F)ccc2F)=C[C@H]1c1ccccc1.CC(C)(C)OC(=O)N1CC(c2cc(F)ccc2F)=C[C@H]1c1ccccc1.CCOC(=O)CBr.O=C(O)CN1CC(c2cc(F)ccc2F)=C[C@H]1c1ccccc1. The first-order valence-corrected chi connectivity index (χ1v) is 29.6. The lowest BCUT2D eigenvalue weighted by molar-refractivity contribution is -0.140. The van der Waals surface area contributed by atoms with E-state index >= 15 is 0 Å². The molecule has 0 unspecified atom stereocenters. The topological polar surface area (TPSA) is 155 Å². The molecule has 12 nitrogen and oxygen atoms in total. The number of carboxylic acid groups (broad SMARTS) is 1. The quantitative estimate of drug-likeness (QED) is 0.0613. The van der Waals surface area contributed by atoms with Crippen LogP contribution < -0.4 is 11.1 Å². The highest BCUT2D eigenvalue weighted by molar-refractivity contribution is 9.09. The predicted molar refractivity (Wildman–Crippen MR) is 337 cm³/mol. The molecule has 9 rings (SSSR count). The molecule has 88 heavy (non-hydrogen) atoms. The summed E-state index contributed by atoms with van der Waals surface area (Å²) in [7, 11) is 0. The van der Waals surface area contributed by atoms with Gasteiger partial charge in [-0.3, -0.25) is 29.1 Å². The number of carboxylic acids is 1. The van der Waals surface area contributed by atoms with Crippen molar-refractivity contribution in [3.8, 4) is 0 Å². The molecule has 3 aliphatic heterocycles. The van der Waals surface area contributed by atoms with Crippen LogP contribution in [0.25, 0.3) is 16.7 Å². The molecular formula is C69H78BrF6N5O7. The molecule has 6 aromatic carbocycles. The second-order valence-electron chi connectivity index (χ2n) is 23.9.